The van der Waals surface area contributed by atoms with Crippen molar-refractivity contribution in [2.75, 3.05) is 7.11 Å². The fourth-order valence-electron chi connectivity index (χ4n) is 2.22. The molecule has 19 heavy (non-hydrogen) atoms. The Morgan fingerprint density at radius 1 is 1.26 bits per heavy atom. The highest BCUT2D eigenvalue weighted by Crippen LogP contribution is 2.37. The SMILES string of the molecule is [CH2]c1c(Br)cnc2[nH]cc(-c3ccccc3OC)c12. The first kappa shape index (κ1) is 12.2. The molecule has 0 bridgehead atoms. The van der Waals surface area contributed by atoms with Crippen LogP contribution in [0.25, 0.3) is 22.2 Å². The number of rotatable bonds is 2. The quantitative estimate of drug-likeness (QED) is 0.770. The minimum absolute atomic E-state index is 0.828. The van der Waals surface area contributed by atoms with Crippen LogP contribution in [0, 0.1) is 6.92 Å². The van der Waals surface area contributed by atoms with E-state index in [1.165, 1.54) is 0 Å². The number of hydrogen-bond acceptors (Lipinski definition) is 2. The van der Waals surface area contributed by atoms with Crippen LogP contribution in [0.15, 0.2) is 41.1 Å². The van der Waals surface area contributed by atoms with Gasteiger partial charge in [0, 0.05) is 33.4 Å². The van der Waals surface area contributed by atoms with Crippen LogP contribution in [0.1, 0.15) is 5.56 Å². The number of pyridine rings is 1. The average molecular weight is 316 g/mol. The van der Waals surface area contributed by atoms with Crippen molar-refractivity contribution in [1.29, 1.82) is 0 Å². The molecule has 0 atom stereocenters. The van der Waals surface area contributed by atoms with Crippen molar-refractivity contribution in [3.05, 3.63) is 53.6 Å². The van der Waals surface area contributed by atoms with Gasteiger partial charge in [-0.1, -0.05) is 18.2 Å². The van der Waals surface area contributed by atoms with Gasteiger partial charge in [0.25, 0.3) is 0 Å². The molecule has 0 unspecified atom stereocenters. The van der Waals surface area contributed by atoms with E-state index >= 15 is 0 Å². The van der Waals surface area contributed by atoms with Gasteiger partial charge in [0.15, 0.2) is 0 Å². The molecule has 95 valence electrons. The second-order valence-corrected chi connectivity index (χ2v) is 5.07. The number of nitrogens with one attached hydrogen (secondary N) is 1. The predicted molar refractivity (Wildman–Crippen MR) is 80.2 cm³/mol. The lowest BCUT2D eigenvalue weighted by molar-refractivity contribution is 0.416. The lowest BCUT2D eigenvalue weighted by atomic mass is 10.0. The lowest BCUT2D eigenvalue weighted by Gasteiger charge is -2.08. The highest BCUT2D eigenvalue weighted by molar-refractivity contribution is 9.10. The van der Waals surface area contributed by atoms with Crippen LogP contribution < -0.4 is 4.74 Å². The summed E-state index contributed by atoms with van der Waals surface area (Å²) in [7, 11) is 1.67. The molecular formula is C15H12BrN2O. The van der Waals surface area contributed by atoms with Crippen molar-refractivity contribution in [2.24, 2.45) is 0 Å². The summed E-state index contributed by atoms with van der Waals surface area (Å²) in [6.45, 7) is 4.11. The van der Waals surface area contributed by atoms with E-state index in [2.05, 4.69) is 32.8 Å². The topological polar surface area (TPSA) is 37.9 Å². The molecule has 0 spiro atoms. The molecule has 0 amide bonds. The third kappa shape index (κ3) is 1.92. The van der Waals surface area contributed by atoms with Crippen molar-refractivity contribution >= 4 is 27.0 Å². The van der Waals surface area contributed by atoms with Gasteiger partial charge in [0.1, 0.15) is 11.4 Å². The van der Waals surface area contributed by atoms with Gasteiger partial charge >= 0.3 is 0 Å². The zero-order valence-corrected chi connectivity index (χ0v) is 12.0. The monoisotopic (exact) mass is 315 g/mol. The van der Waals surface area contributed by atoms with Gasteiger partial charge in [0.05, 0.1) is 7.11 Å². The fraction of sp³-hybridized carbons (Fsp3) is 0.0667. The summed E-state index contributed by atoms with van der Waals surface area (Å²) >= 11 is 3.47. The number of nitrogens with zero attached hydrogens (tertiary/aromatic N) is 1. The van der Waals surface area contributed by atoms with Crippen LogP contribution in [0.4, 0.5) is 0 Å². The number of benzene rings is 1. The van der Waals surface area contributed by atoms with E-state index in [4.69, 9.17) is 4.74 Å². The molecule has 0 aliphatic heterocycles. The molecule has 1 aromatic carbocycles. The Morgan fingerprint density at radius 2 is 2.05 bits per heavy atom. The van der Waals surface area contributed by atoms with Gasteiger partial charge in [-0.2, -0.15) is 0 Å². The van der Waals surface area contributed by atoms with Crippen molar-refractivity contribution < 1.29 is 4.74 Å². The maximum Gasteiger partial charge on any atom is 0.138 e. The highest BCUT2D eigenvalue weighted by atomic mass is 79.9. The second-order valence-electron chi connectivity index (χ2n) is 4.21. The van der Waals surface area contributed by atoms with E-state index in [0.29, 0.717) is 0 Å². The minimum Gasteiger partial charge on any atom is -0.496 e. The van der Waals surface area contributed by atoms with Crippen LogP contribution in [0.3, 0.4) is 0 Å². The van der Waals surface area contributed by atoms with Crippen molar-refractivity contribution in [2.45, 2.75) is 0 Å². The van der Waals surface area contributed by atoms with Crippen LogP contribution in [0.5, 0.6) is 5.75 Å². The first-order chi connectivity index (χ1) is 9.22. The number of para-hydroxylation sites is 1. The average Bonchev–Trinajstić information content (AvgIpc) is 2.87. The molecule has 0 fully saturated rings. The molecule has 0 saturated carbocycles. The van der Waals surface area contributed by atoms with Gasteiger partial charge in [-0.3, -0.25) is 0 Å². The van der Waals surface area contributed by atoms with Gasteiger partial charge in [-0.15, -0.1) is 0 Å². The van der Waals surface area contributed by atoms with Crippen LogP contribution >= 0.6 is 15.9 Å². The molecule has 0 aliphatic carbocycles. The molecule has 1 radical (unpaired) electrons. The van der Waals surface area contributed by atoms with Crippen LogP contribution in [0.2, 0.25) is 0 Å². The first-order valence-electron chi connectivity index (χ1n) is 5.83. The summed E-state index contributed by atoms with van der Waals surface area (Å²) in [5.74, 6) is 0.836. The molecule has 0 aliphatic rings. The smallest absolute Gasteiger partial charge is 0.138 e. The lowest BCUT2D eigenvalue weighted by Crippen LogP contribution is -1.88. The van der Waals surface area contributed by atoms with Crippen molar-refractivity contribution in [1.82, 2.24) is 9.97 Å². The molecule has 4 heteroatoms. The zero-order chi connectivity index (χ0) is 13.4. The van der Waals surface area contributed by atoms with Crippen molar-refractivity contribution in [3.63, 3.8) is 0 Å². The maximum atomic E-state index is 5.42. The van der Waals surface area contributed by atoms with Crippen LogP contribution in [-0.2, 0) is 0 Å². The van der Waals surface area contributed by atoms with E-state index in [0.717, 1.165) is 37.9 Å². The largest absolute Gasteiger partial charge is 0.496 e. The molecule has 3 nitrogen and oxygen atoms in total. The Morgan fingerprint density at radius 3 is 2.84 bits per heavy atom. The molecule has 3 aromatic rings. The Balaban J connectivity index is 2.34. The van der Waals surface area contributed by atoms with Gasteiger partial charge < -0.3 is 9.72 Å². The number of aromatic nitrogens is 2. The number of methoxy groups -OCH3 is 1. The summed E-state index contributed by atoms with van der Waals surface area (Å²) in [5.41, 5.74) is 3.83. The highest BCUT2D eigenvalue weighted by Gasteiger charge is 2.14. The van der Waals surface area contributed by atoms with Crippen LogP contribution in [-0.4, -0.2) is 17.1 Å². The minimum atomic E-state index is 0.828. The zero-order valence-electron chi connectivity index (χ0n) is 10.4. The number of hydrogen-bond donors (Lipinski definition) is 1. The number of aromatic amines is 1. The van der Waals surface area contributed by atoms with Gasteiger partial charge in [-0.05, 0) is 34.5 Å². The Labute approximate surface area is 119 Å². The summed E-state index contributed by atoms with van der Waals surface area (Å²) in [5, 5.41) is 1.01. The van der Waals surface area contributed by atoms with E-state index in [9.17, 15) is 0 Å². The summed E-state index contributed by atoms with van der Waals surface area (Å²) in [6.07, 6.45) is 3.70. The van der Waals surface area contributed by atoms with Crippen molar-refractivity contribution in [3.8, 4) is 16.9 Å². The van der Waals surface area contributed by atoms with Gasteiger partial charge in [0.2, 0.25) is 0 Å². The number of H-pyrrole nitrogens is 1. The van der Waals surface area contributed by atoms with Gasteiger partial charge in [-0.25, -0.2) is 4.98 Å². The third-order valence-corrected chi connectivity index (χ3v) is 3.84. The van der Waals surface area contributed by atoms with E-state index in [-0.39, 0.29) is 0 Å². The predicted octanol–water partition coefficient (Wildman–Crippen LogP) is 4.18. The molecule has 2 heterocycles. The van der Waals surface area contributed by atoms with E-state index in [1.54, 1.807) is 13.3 Å². The Hall–Kier alpha value is -1.81. The third-order valence-electron chi connectivity index (χ3n) is 3.15. The molecule has 2 aromatic heterocycles. The maximum absolute atomic E-state index is 5.42. The fourth-order valence-corrected chi connectivity index (χ4v) is 2.52. The molecule has 1 N–H and O–H groups in total. The number of fused-ring (bicyclic) bond motifs is 1. The number of halogens is 1. The molecular weight excluding hydrogens is 304 g/mol. The summed E-state index contributed by atoms with van der Waals surface area (Å²) < 4.78 is 6.32. The van der Waals surface area contributed by atoms with E-state index in [1.807, 2.05) is 30.5 Å². The Bertz CT molecular complexity index is 749. The Kier molecular flexibility index (Phi) is 3.03. The molecule has 3 rings (SSSR count). The molecule has 0 saturated heterocycles. The standard InChI is InChI=1S/C15H12BrN2O/c1-9-12(16)8-18-15-14(9)11(7-17-15)10-5-3-4-6-13(10)19-2/h3-8H,1H2,2H3,(H,17,18). The first-order valence-corrected chi connectivity index (χ1v) is 6.62. The summed E-state index contributed by atoms with van der Waals surface area (Å²) in [6, 6.07) is 7.92. The normalized spacial score (nSPS) is 10.9. The number of ether oxygens (including phenoxy) is 1. The van der Waals surface area contributed by atoms with E-state index < -0.39 is 0 Å². The second kappa shape index (κ2) is 4.70. The summed E-state index contributed by atoms with van der Waals surface area (Å²) in [4.78, 5) is 7.54.